The maximum absolute atomic E-state index is 13.6. The summed E-state index contributed by atoms with van der Waals surface area (Å²) in [5.74, 6) is 1.23. The molecule has 4 nitrogen and oxygen atoms in total. The molecule has 0 radical (unpaired) electrons. The van der Waals surface area contributed by atoms with Gasteiger partial charge in [0.2, 0.25) is 0 Å². The zero-order chi connectivity index (χ0) is 23.2. The molecule has 3 aromatic carbocycles. The summed E-state index contributed by atoms with van der Waals surface area (Å²) >= 11 is 6.05. The Morgan fingerprint density at radius 1 is 0.939 bits per heavy atom. The monoisotopic (exact) mass is 461 g/mol. The van der Waals surface area contributed by atoms with Crippen LogP contribution in [0, 0.1) is 0 Å². The second-order valence-electron chi connectivity index (χ2n) is 7.89. The van der Waals surface area contributed by atoms with Crippen molar-refractivity contribution in [2.45, 2.75) is 20.3 Å². The minimum atomic E-state index is -0.0852. The number of nitrogens with zero attached hydrogens (tertiary/aromatic N) is 1. The molecular formula is C28H28ClNO3. The smallest absolute Gasteiger partial charge is 0.197 e. The minimum absolute atomic E-state index is 0.0852. The molecule has 0 saturated heterocycles. The highest BCUT2D eigenvalue weighted by atomic mass is 35.5. The van der Waals surface area contributed by atoms with E-state index in [1.54, 1.807) is 12.1 Å². The Labute approximate surface area is 199 Å². The lowest BCUT2D eigenvalue weighted by Crippen LogP contribution is -2.25. The fraction of sp³-hybridized carbons (Fsp3) is 0.250. The van der Waals surface area contributed by atoms with Crippen molar-refractivity contribution in [2.24, 2.45) is 0 Å². The van der Waals surface area contributed by atoms with Gasteiger partial charge >= 0.3 is 0 Å². The molecule has 4 aromatic rings. The summed E-state index contributed by atoms with van der Waals surface area (Å²) < 4.78 is 12.0. The molecule has 1 heterocycles. The summed E-state index contributed by atoms with van der Waals surface area (Å²) in [6, 6.07) is 22.3. The summed E-state index contributed by atoms with van der Waals surface area (Å²) in [6.45, 7) is 8.10. The topological polar surface area (TPSA) is 42.7 Å². The van der Waals surface area contributed by atoms with Crippen molar-refractivity contribution in [3.8, 4) is 17.1 Å². The van der Waals surface area contributed by atoms with Crippen molar-refractivity contribution in [3.63, 3.8) is 0 Å². The largest absolute Gasteiger partial charge is 0.494 e. The van der Waals surface area contributed by atoms with Crippen LogP contribution in [-0.4, -0.2) is 36.9 Å². The Balaban J connectivity index is 1.55. The highest BCUT2D eigenvalue weighted by Crippen LogP contribution is 2.35. The number of fused-ring (bicyclic) bond motifs is 1. The van der Waals surface area contributed by atoms with Crippen LogP contribution in [0.4, 0.5) is 0 Å². The number of para-hydroxylation sites is 1. The normalized spacial score (nSPS) is 11.3. The molecule has 0 aliphatic heterocycles. The van der Waals surface area contributed by atoms with Crippen molar-refractivity contribution in [2.75, 3.05) is 26.2 Å². The lowest BCUT2D eigenvalue weighted by Gasteiger charge is -2.17. The quantitative estimate of drug-likeness (QED) is 0.187. The van der Waals surface area contributed by atoms with E-state index in [-0.39, 0.29) is 5.78 Å². The van der Waals surface area contributed by atoms with Gasteiger partial charge in [-0.25, -0.2) is 0 Å². The average Bonchev–Trinajstić information content (AvgIpc) is 3.24. The van der Waals surface area contributed by atoms with Crippen LogP contribution in [0.3, 0.4) is 0 Å². The van der Waals surface area contributed by atoms with E-state index < -0.39 is 0 Å². The van der Waals surface area contributed by atoms with Gasteiger partial charge in [-0.2, -0.15) is 0 Å². The van der Waals surface area contributed by atoms with Crippen molar-refractivity contribution >= 4 is 28.4 Å². The Morgan fingerprint density at radius 3 is 2.33 bits per heavy atom. The van der Waals surface area contributed by atoms with Gasteiger partial charge in [0.1, 0.15) is 17.1 Å². The van der Waals surface area contributed by atoms with Gasteiger partial charge in [-0.05, 0) is 74.1 Å². The summed E-state index contributed by atoms with van der Waals surface area (Å²) in [4.78, 5) is 15.9. The molecule has 0 amide bonds. The fourth-order valence-electron chi connectivity index (χ4n) is 3.94. The van der Waals surface area contributed by atoms with Crippen LogP contribution in [-0.2, 0) is 0 Å². The average molecular weight is 462 g/mol. The molecule has 0 aliphatic carbocycles. The first-order valence-corrected chi connectivity index (χ1v) is 11.8. The number of furan rings is 1. The van der Waals surface area contributed by atoms with E-state index in [0.29, 0.717) is 34.1 Å². The van der Waals surface area contributed by atoms with Crippen molar-refractivity contribution in [3.05, 3.63) is 88.9 Å². The van der Waals surface area contributed by atoms with Crippen LogP contribution >= 0.6 is 11.6 Å². The Hall–Kier alpha value is -3.08. The lowest BCUT2D eigenvalue weighted by atomic mass is 9.97. The van der Waals surface area contributed by atoms with E-state index >= 15 is 0 Å². The summed E-state index contributed by atoms with van der Waals surface area (Å²) in [5, 5.41) is 1.43. The highest BCUT2D eigenvalue weighted by molar-refractivity contribution is 6.30. The predicted molar refractivity (Wildman–Crippen MR) is 134 cm³/mol. The van der Waals surface area contributed by atoms with Gasteiger partial charge in [-0.1, -0.05) is 43.6 Å². The highest BCUT2D eigenvalue weighted by Gasteiger charge is 2.23. The van der Waals surface area contributed by atoms with Gasteiger partial charge in [-0.3, -0.25) is 4.79 Å². The van der Waals surface area contributed by atoms with Crippen LogP contribution in [0.25, 0.3) is 22.3 Å². The molecule has 5 heteroatoms. The van der Waals surface area contributed by atoms with E-state index in [9.17, 15) is 4.79 Å². The number of benzene rings is 3. The van der Waals surface area contributed by atoms with E-state index in [2.05, 4.69) is 18.7 Å². The summed E-state index contributed by atoms with van der Waals surface area (Å²) in [6.07, 6.45) is 0.966. The zero-order valence-corrected chi connectivity index (χ0v) is 19.8. The van der Waals surface area contributed by atoms with Gasteiger partial charge in [-0.15, -0.1) is 0 Å². The molecule has 0 bridgehead atoms. The van der Waals surface area contributed by atoms with E-state index in [4.69, 9.17) is 20.8 Å². The fourth-order valence-corrected chi connectivity index (χ4v) is 4.07. The third-order valence-electron chi connectivity index (χ3n) is 5.83. The molecule has 0 aliphatic rings. The molecule has 33 heavy (non-hydrogen) atoms. The Morgan fingerprint density at radius 2 is 1.64 bits per heavy atom. The van der Waals surface area contributed by atoms with E-state index in [0.717, 1.165) is 42.8 Å². The zero-order valence-electron chi connectivity index (χ0n) is 19.0. The molecule has 0 fully saturated rings. The summed E-state index contributed by atoms with van der Waals surface area (Å²) in [7, 11) is 0. The second kappa shape index (κ2) is 10.7. The Bertz CT molecular complexity index is 1210. The molecule has 0 saturated carbocycles. The number of halogens is 1. The third-order valence-corrected chi connectivity index (χ3v) is 6.08. The number of hydrogen-bond acceptors (Lipinski definition) is 4. The van der Waals surface area contributed by atoms with E-state index in [1.165, 1.54) is 0 Å². The molecule has 4 rings (SSSR count). The maximum Gasteiger partial charge on any atom is 0.197 e. The number of ether oxygens (including phenoxy) is 1. The lowest BCUT2D eigenvalue weighted by molar-refractivity contribution is 0.104. The molecule has 170 valence electrons. The number of carbonyl (C=O) groups excluding carboxylic acids is 1. The van der Waals surface area contributed by atoms with Crippen LogP contribution in [0.5, 0.6) is 5.75 Å². The van der Waals surface area contributed by atoms with E-state index in [1.807, 2.05) is 60.7 Å². The third kappa shape index (κ3) is 5.29. The first-order chi connectivity index (χ1) is 16.1. The van der Waals surface area contributed by atoms with Crippen molar-refractivity contribution in [1.29, 1.82) is 0 Å². The SMILES string of the molecule is CCN(CC)CCCOc1ccc(C(=O)c2c(-c3ccc(Cl)cc3)oc3ccccc23)cc1. The van der Waals surface area contributed by atoms with Gasteiger partial charge in [0.25, 0.3) is 0 Å². The maximum atomic E-state index is 13.6. The molecule has 1 aromatic heterocycles. The standard InChI is InChI=1S/C28H28ClNO3/c1-3-30(4-2)18-7-19-32-23-16-12-20(13-17-23)27(31)26-24-8-5-6-9-25(24)33-28(26)21-10-14-22(29)15-11-21/h5-6,8-17H,3-4,7,18-19H2,1-2H3. The van der Waals surface area contributed by atoms with Gasteiger partial charge in [0, 0.05) is 28.1 Å². The van der Waals surface area contributed by atoms with Crippen LogP contribution in [0.1, 0.15) is 36.2 Å². The van der Waals surface area contributed by atoms with Crippen LogP contribution in [0.15, 0.2) is 77.2 Å². The first-order valence-electron chi connectivity index (χ1n) is 11.4. The first kappa shape index (κ1) is 23.1. The number of ketones is 1. The number of rotatable bonds is 10. The summed E-state index contributed by atoms with van der Waals surface area (Å²) in [5.41, 5.74) is 2.64. The number of hydrogen-bond donors (Lipinski definition) is 0. The predicted octanol–water partition coefficient (Wildman–Crippen LogP) is 7.09. The molecular weight excluding hydrogens is 434 g/mol. The van der Waals surface area contributed by atoms with Crippen molar-refractivity contribution in [1.82, 2.24) is 4.90 Å². The van der Waals surface area contributed by atoms with Gasteiger partial charge in [0.15, 0.2) is 5.78 Å². The molecule has 0 N–H and O–H groups in total. The van der Waals surface area contributed by atoms with Gasteiger partial charge < -0.3 is 14.1 Å². The minimum Gasteiger partial charge on any atom is -0.494 e. The van der Waals surface area contributed by atoms with Crippen LogP contribution < -0.4 is 4.74 Å². The number of carbonyl (C=O) groups is 1. The second-order valence-corrected chi connectivity index (χ2v) is 8.33. The Kier molecular flexibility index (Phi) is 7.48. The van der Waals surface area contributed by atoms with Crippen molar-refractivity contribution < 1.29 is 13.9 Å². The van der Waals surface area contributed by atoms with Crippen LogP contribution in [0.2, 0.25) is 5.02 Å². The molecule has 0 spiro atoms. The molecule has 0 unspecified atom stereocenters. The van der Waals surface area contributed by atoms with Gasteiger partial charge in [0.05, 0.1) is 12.2 Å². The molecule has 0 atom stereocenters.